The fourth-order valence-electron chi connectivity index (χ4n) is 3.36. The molecule has 0 spiro atoms. The first-order valence-corrected chi connectivity index (χ1v) is 9.59. The van der Waals surface area contributed by atoms with Gasteiger partial charge in [0, 0.05) is 24.2 Å². The molecule has 2 rings (SSSR count). The predicted octanol–water partition coefficient (Wildman–Crippen LogP) is 1.24. The van der Waals surface area contributed by atoms with Gasteiger partial charge in [-0.3, -0.25) is 24.6 Å². The van der Waals surface area contributed by atoms with Crippen molar-refractivity contribution in [2.45, 2.75) is 52.4 Å². The number of para-hydroxylation sites is 1. The van der Waals surface area contributed by atoms with Gasteiger partial charge >= 0.3 is 11.8 Å². The molecular formula is C20H27N5O4. The number of carbonyl (C=O) groups excluding carboxylic acids is 4. The van der Waals surface area contributed by atoms with Crippen LogP contribution < -0.4 is 22.0 Å². The maximum absolute atomic E-state index is 12.5. The molecule has 1 aliphatic rings. The number of Topliss-reactive ketones (excluding diaryl/α,β-unsaturated/α-hetero) is 1. The lowest BCUT2D eigenvalue weighted by atomic mass is 9.96. The van der Waals surface area contributed by atoms with E-state index in [2.05, 4.69) is 15.8 Å². The highest BCUT2D eigenvalue weighted by atomic mass is 16.2. The minimum Gasteiger partial charge on any atom is -0.326 e. The van der Waals surface area contributed by atoms with E-state index in [-0.39, 0.29) is 24.5 Å². The Morgan fingerprint density at radius 3 is 2.45 bits per heavy atom. The van der Waals surface area contributed by atoms with Crippen LogP contribution in [0.2, 0.25) is 0 Å². The minimum atomic E-state index is -1.01. The highest BCUT2D eigenvalue weighted by Gasteiger charge is 2.29. The van der Waals surface area contributed by atoms with E-state index in [4.69, 9.17) is 5.84 Å². The van der Waals surface area contributed by atoms with Gasteiger partial charge in [-0.05, 0) is 50.7 Å². The zero-order valence-corrected chi connectivity index (χ0v) is 16.7. The predicted molar refractivity (Wildman–Crippen MR) is 109 cm³/mol. The van der Waals surface area contributed by atoms with Gasteiger partial charge < -0.3 is 5.32 Å². The summed E-state index contributed by atoms with van der Waals surface area (Å²) in [6.07, 6.45) is 2.93. The van der Waals surface area contributed by atoms with Gasteiger partial charge in [0.1, 0.15) is 5.78 Å². The molecule has 0 bridgehead atoms. The Kier molecular flexibility index (Phi) is 8.02. The fourth-order valence-corrected chi connectivity index (χ4v) is 3.36. The molecule has 9 heteroatoms. The van der Waals surface area contributed by atoms with Crippen molar-refractivity contribution in [2.24, 2.45) is 16.9 Å². The summed E-state index contributed by atoms with van der Waals surface area (Å²) in [6, 6.07) is 5.80. The molecule has 1 unspecified atom stereocenters. The molecule has 0 heterocycles. The number of hydrazine groups is 1. The number of amides is 3. The summed E-state index contributed by atoms with van der Waals surface area (Å²) in [4.78, 5) is 47.2. The Labute approximate surface area is 169 Å². The third-order valence-electron chi connectivity index (χ3n) is 4.93. The number of aryl methyl sites for hydroxylation is 2. The van der Waals surface area contributed by atoms with Crippen LogP contribution in [0.4, 0.5) is 5.69 Å². The van der Waals surface area contributed by atoms with E-state index in [0.29, 0.717) is 25.0 Å². The second-order valence-electron chi connectivity index (χ2n) is 7.10. The number of rotatable bonds is 7. The number of nitrogens with one attached hydrogen (secondary N) is 3. The van der Waals surface area contributed by atoms with Crippen molar-refractivity contribution in [3.63, 3.8) is 0 Å². The molecule has 0 radical (unpaired) electrons. The number of nitrogens with two attached hydrogens (primary N) is 1. The lowest BCUT2D eigenvalue weighted by molar-refractivity contribution is -0.139. The van der Waals surface area contributed by atoms with E-state index < -0.39 is 17.7 Å². The van der Waals surface area contributed by atoms with Crippen molar-refractivity contribution < 1.29 is 19.2 Å². The van der Waals surface area contributed by atoms with Crippen LogP contribution in [0.5, 0.6) is 0 Å². The number of ketones is 1. The van der Waals surface area contributed by atoms with Gasteiger partial charge in [-0.25, -0.2) is 11.3 Å². The van der Waals surface area contributed by atoms with Crippen LogP contribution in [0.25, 0.3) is 0 Å². The van der Waals surface area contributed by atoms with Crippen LogP contribution in [0.1, 0.15) is 49.7 Å². The molecule has 1 aromatic carbocycles. The molecule has 1 saturated carbocycles. The summed E-state index contributed by atoms with van der Waals surface area (Å²) in [7, 11) is 0. The van der Waals surface area contributed by atoms with E-state index in [0.717, 1.165) is 23.2 Å². The fraction of sp³-hybridized carbons (Fsp3) is 0.450. The van der Waals surface area contributed by atoms with Gasteiger partial charge in [-0.15, -0.1) is 0 Å². The number of anilines is 1. The largest absolute Gasteiger partial charge is 0.330 e. The third kappa shape index (κ3) is 6.21. The molecule has 1 aromatic rings. The molecule has 5 N–H and O–H groups in total. The highest BCUT2D eigenvalue weighted by Crippen LogP contribution is 2.25. The number of nitrogens with zero attached hydrogens (tertiary/aromatic N) is 1. The van der Waals surface area contributed by atoms with E-state index >= 15 is 0 Å². The normalized spacial score (nSPS) is 17.1. The SMILES string of the molecule is Cc1cccc(C)c1NC(=O)CCCC(=O)C1CCC/C1=N\NC(=O)C(=O)NN. The molecule has 156 valence electrons. The Balaban J connectivity index is 1.83. The van der Waals surface area contributed by atoms with E-state index in [1.165, 1.54) is 0 Å². The number of hydrogen-bond donors (Lipinski definition) is 4. The average Bonchev–Trinajstić information content (AvgIpc) is 3.17. The number of hydrazone groups is 1. The standard InChI is InChI=1S/C20H27N5O4/c1-12-6-3-7-13(2)18(12)22-17(27)11-5-10-16(26)14-8-4-9-15(14)24-25-20(29)19(28)23-21/h3,6-7,14H,4-5,8-11,21H2,1-2H3,(H,22,27)(H,23,28)(H,25,29)/b24-15+. The van der Waals surface area contributed by atoms with Crippen molar-refractivity contribution >= 4 is 34.9 Å². The second-order valence-corrected chi connectivity index (χ2v) is 7.10. The van der Waals surface area contributed by atoms with Crippen molar-refractivity contribution in [1.82, 2.24) is 10.9 Å². The van der Waals surface area contributed by atoms with Gasteiger partial charge in [0.15, 0.2) is 0 Å². The van der Waals surface area contributed by atoms with E-state index in [9.17, 15) is 19.2 Å². The minimum absolute atomic E-state index is 0.0151. The van der Waals surface area contributed by atoms with Crippen molar-refractivity contribution in [1.29, 1.82) is 0 Å². The first-order valence-electron chi connectivity index (χ1n) is 9.59. The Hall–Kier alpha value is -3.07. The monoisotopic (exact) mass is 401 g/mol. The Bertz CT molecular complexity index is 814. The van der Waals surface area contributed by atoms with Gasteiger partial charge in [-0.1, -0.05) is 18.2 Å². The average molecular weight is 401 g/mol. The third-order valence-corrected chi connectivity index (χ3v) is 4.93. The molecule has 0 saturated heterocycles. The van der Waals surface area contributed by atoms with Crippen LogP contribution in [-0.2, 0) is 19.2 Å². The molecule has 1 fully saturated rings. The molecule has 0 aliphatic heterocycles. The maximum atomic E-state index is 12.5. The van der Waals surface area contributed by atoms with Crippen LogP contribution in [0.3, 0.4) is 0 Å². The van der Waals surface area contributed by atoms with Crippen LogP contribution in [-0.4, -0.2) is 29.2 Å². The molecule has 29 heavy (non-hydrogen) atoms. The number of carbonyl (C=O) groups is 4. The Morgan fingerprint density at radius 2 is 1.79 bits per heavy atom. The van der Waals surface area contributed by atoms with Gasteiger partial charge in [0.05, 0.1) is 5.92 Å². The van der Waals surface area contributed by atoms with Crippen molar-refractivity contribution in [3.8, 4) is 0 Å². The molecule has 1 aliphatic carbocycles. The van der Waals surface area contributed by atoms with Crippen molar-refractivity contribution in [3.05, 3.63) is 29.3 Å². The first kappa shape index (κ1) is 22.2. The number of benzene rings is 1. The summed E-state index contributed by atoms with van der Waals surface area (Å²) in [5.74, 6) is 2.35. The second kappa shape index (κ2) is 10.5. The number of hydrogen-bond acceptors (Lipinski definition) is 6. The summed E-state index contributed by atoms with van der Waals surface area (Å²) < 4.78 is 0. The van der Waals surface area contributed by atoms with Crippen LogP contribution in [0, 0.1) is 19.8 Å². The van der Waals surface area contributed by atoms with E-state index in [1.54, 1.807) is 5.43 Å². The first-order chi connectivity index (χ1) is 13.8. The van der Waals surface area contributed by atoms with Crippen LogP contribution in [0.15, 0.2) is 23.3 Å². The summed E-state index contributed by atoms with van der Waals surface area (Å²) in [5.41, 5.74) is 7.17. The molecule has 3 amide bonds. The summed E-state index contributed by atoms with van der Waals surface area (Å²) in [5, 5.41) is 6.82. The zero-order chi connectivity index (χ0) is 21.4. The van der Waals surface area contributed by atoms with Crippen molar-refractivity contribution in [2.75, 3.05) is 5.32 Å². The summed E-state index contributed by atoms with van der Waals surface area (Å²) in [6.45, 7) is 3.87. The summed E-state index contributed by atoms with van der Waals surface area (Å²) >= 11 is 0. The molecule has 9 nitrogen and oxygen atoms in total. The topological polar surface area (TPSA) is 143 Å². The lowest BCUT2D eigenvalue weighted by Gasteiger charge is -2.12. The van der Waals surface area contributed by atoms with Crippen LogP contribution >= 0.6 is 0 Å². The quantitative estimate of drug-likeness (QED) is 0.235. The highest BCUT2D eigenvalue weighted by molar-refractivity contribution is 6.34. The molecule has 1 atom stereocenters. The van der Waals surface area contributed by atoms with Gasteiger partial charge in [0.25, 0.3) is 0 Å². The smallest absolute Gasteiger partial charge is 0.326 e. The molecule has 0 aromatic heterocycles. The van der Waals surface area contributed by atoms with E-state index in [1.807, 2.05) is 32.0 Å². The zero-order valence-electron chi connectivity index (χ0n) is 16.7. The van der Waals surface area contributed by atoms with Gasteiger partial charge in [0.2, 0.25) is 5.91 Å². The lowest BCUT2D eigenvalue weighted by Crippen LogP contribution is -2.41. The molecular weight excluding hydrogens is 374 g/mol. The van der Waals surface area contributed by atoms with Gasteiger partial charge in [-0.2, -0.15) is 5.10 Å². The maximum Gasteiger partial charge on any atom is 0.330 e. The Morgan fingerprint density at radius 1 is 1.10 bits per heavy atom.